The fourth-order valence-electron chi connectivity index (χ4n) is 4.05. The Kier molecular flexibility index (Phi) is 7.19. The molecule has 5 aromatic rings. The van der Waals surface area contributed by atoms with Gasteiger partial charge in [0.15, 0.2) is 0 Å². The highest BCUT2D eigenvalue weighted by Crippen LogP contribution is 2.34. The molecular weight excluding hydrogens is 502 g/mol. The van der Waals surface area contributed by atoms with Crippen LogP contribution in [0.15, 0.2) is 102 Å². The molecule has 1 amide bonds. The predicted molar refractivity (Wildman–Crippen MR) is 148 cm³/mol. The lowest BCUT2D eigenvalue weighted by molar-refractivity contribution is 0.0734. The summed E-state index contributed by atoms with van der Waals surface area (Å²) in [6, 6.07) is 28.7. The second kappa shape index (κ2) is 11.0. The van der Waals surface area contributed by atoms with Crippen LogP contribution in [-0.2, 0) is 0 Å². The molecule has 0 fully saturated rings. The van der Waals surface area contributed by atoms with Crippen molar-refractivity contribution in [3.63, 3.8) is 0 Å². The number of hydrazone groups is 1. The number of halogens is 1. The third-order valence-corrected chi connectivity index (χ3v) is 6.21. The van der Waals surface area contributed by atoms with Crippen LogP contribution in [-0.4, -0.2) is 30.2 Å². The summed E-state index contributed by atoms with van der Waals surface area (Å²) in [4.78, 5) is 29.1. The molecule has 0 spiro atoms. The second-order valence-corrected chi connectivity index (χ2v) is 8.67. The molecular formula is C30H22ClN3O4. The molecule has 188 valence electrons. The van der Waals surface area contributed by atoms with Crippen molar-refractivity contribution in [2.24, 2.45) is 5.10 Å². The number of carbonyl (C=O) groups is 2. The largest absolute Gasteiger partial charge is 0.497 e. The zero-order valence-electron chi connectivity index (χ0n) is 20.3. The number of nitrogens with zero attached hydrogens (tertiary/aromatic N) is 1. The number of carbonyl (C=O) groups excluding carboxylic acids is 2. The lowest BCUT2D eigenvalue weighted by atomic mass is 10.0. The van der Waals surface area contributed by atoms with Crippen molar-refractivity contribution in [3.8, 4) is 22.6 Å². The number of aromatic nitrogens is 1. The average molecular weight is 524 g/mol. The Morgan fingerprint density at radius 2 is 1.66 bits per heavy atom. The Balaban J connectivity index is 1.40. The topological polar surface area (TPSA) is 92.8 Å². The summed E-state index contributed by atoms with van der Waals surface area (Å²) < 4.78 is 10.9. The Morgan fingerprint density at radius 3 is 2.45 bits per heavy atom. The van der Waals surface area contributed by atoms with Crippen molar-refractivity contribution in [1.82, 2.24) is 10.4 Å². The van der Waals surface area contributed by atoms with Crippen molar-refractivity contribution in [1.29, 1.82) is 0 Å². The van der Waals surface area contributed by atoms with Gasteiger partial charge < -0.3 is 14.5 Å². The van der Waals surface area contributed by atoms with Crippen LogP contribution in [0.5, 0.6) is 11.5 Å². The van der Waals surface area contributed by atoms with Gasteiger partial charge in [-0.25, -0.2) is 10.2 Å². The van der Waals surface area contributed by atoms with Gasteiger partial charge in [0.2, 0.25) is 0 Å². The standard InChI is InChI=1S/C30H22ClN3O4/c1-37-21-15-16-25-23(17-21)27(19-9-3-2-4-10-19)28(33-25)29(35)34-32-18-20-11-5-8-14-26(20)38-30(36)22-12-6-7-13-24(22)31/h2-18,33H,1H3,(H,34,35). The lowest BCUT2D eigenvalue weighted by Gasteiger charge is -2.08. The number of nitrogens with one attached hydrogen (secondary N) is 2. The number of H-pyrrole nitrogens is 1. The van der Waals surface area contributed by atoms with Crippen molar-refractivity contribution in [3.05, 3.63) is 119 Å². The number of ether oxygens (including phenoxy) is 2. The number of aromatic amines is 1. The van der Waals surface area contributed by atoms with Gasteiger partial charge in [0.05, 0.1) is 23.9 Å². The number of fused-ring (bicyclic) bond motifs is 1. The Morgan fingerprint density at radius 1 is 0.921 bits per heavy atom. The molecule has 5 rings (SSSR count). The zero-order valence-corrected chi connectivity index (χ0v) is 21.0. The maximum Gasteiger partial charge on any atom is 0.345 e. The molecule has 0 atom stereocenters. The fraction of sp³-hybridized carbons (Fsp3) is 0.0333. The van der Waals surface area contributed by atoms with Crippen LogP contribution >= 0.6 is 11.6 Å². The van der Waals surface area contributed by atoms with Crippen LogP contribution in [0, 0.1) is 0 Å². The van der Waals surface area contributed by atoms with Crippen molar-refractivity contribution >= 4 is 40.6 Å². The molecule has 0 radical (unpaired) electrons. The van der Waals surface area contributed by atoms with Crippen LogP contribution in [0.4, 0.5) is 0 Å². The first kappa shape index (κ1) is 24.8. The van der Waals surface area contributed by atoms with Gasteiger partial charge in [-0.2, -0.15) is 5.10 Å². The maximum atomic E-state index is 13.3. The summed E-state index contributed by atoms with van der Waals surface area (Å²) >= 11 is 6.12. The van der Waals surface area contributed by atoms with Gasteiger partial charge in [-0.05, 0) is 48.0 Å². The second-order valence-electron chi connectivity index (χ2n) is 8.26. The Labute approximate surface area is 223 Å². The van der Waals surface area contributed by atoms with E-state index < -0.39 is 11.9 Å². The zero-order chi connectivity index (χ0) is 26.5. The quantitative estimate of drug-likeness (QED) is 0.110. The molecule has 1 aromatic heterocycles. The van der Waals surface area contributed by atoms with E-state index in [0.717, 1.165) is 22.0 Å². The van der Waals surface area contributed by atoms with E-state index in [4.69, 9.17) is 21.1 Å². The number of amides is 1. The van der Waals surface area contributed by atoms with Crippen molar-refractivity contribution in [2.45, 2.75) is 0 Å². The summed E-state index contributed by atoms with van der Waals surface area (Å²) in [6.07, 6.45) is 1.42. The fourth-order valence-corrected chi connectivity index (χ4v) is 4.26. The number of esters is 1. The number of methoxy groups -OCH3 is 1. The lowest BCUT2D eigenvalue weighted by Crippen LogP contribution is -2.19. The number of rotatable bonds is 7. The monoisotopic (exact) mass is 523 g/mol. The van der Waals surface area contributed by atoms with Crippen LogP contribution in [0.2, 0.25) is 5.02 Å². The highest BCUT2D eigenvalue weighted by atomic mass is 35.5. The number of hydrogen-bond acceptors (Lipinski definition) is 5. The highest BCUT2D eigenvalue weighted by Gasteiger charge is 2.20. The first-order valence-electron chi connectivity index (χ1n) is 11.7. The minimum absolute atomic E-state index is 0.248. The third kappa shape index (κ3) is 5.14. The van der Waals surface area contributed by atoms with Crippen molar-refractivity contribution < 1.29 is 19.1 Å². The molecule has 0 unspecified atom stereocenters. The Bertz CT molecular complexity index is 1660. The average Bonchev–Trinajstić information content (AvgIpc) is 3.33. The van der Waals surface area contributed by atoms with E-state index in [0.29, 0.717) is 22.0 Å². The maximum absolute atomic E-state index is 13.3. The summed E-state index contributed by atoms with van der Waals surface area (Å²) in [5, 5.41) is 5.27. The molecule has 0 aliphatic heterocycles. The van der Waals surface area contributed by atoms with Gasteiger partial charge in [0, 0.05) is 22.0 Å². The SMILES string of the molecule is COc1ccc2[nH]c(C(=O)NN=Cc3ccccc3OC(=O)c3ccccc3Cl)c(-c3ccccc3)c2c1. The van der Waals surface area contributed by atoms with Gasteiger partial charge in [-0.15, -0.1) is 0 Å². The van der Waals surface area contributed by atoms with Crippen molar-refractivity contribution in [2.75, 3.05) is 7.11 Å². The molecule has 1 heterocycles. The van der Waals surface area contributed by atoms with Crippen LogP contribution in [0.25, 0.3) is 22.0 Å². The molecule has 8 heteroatoms. The Hall–Kier alpha value is -4.88. The number of para-hydroxylation sites is 1. The summed E-state index contributed by atoms with van der Waals surface area (Å²) in [5.41, 5.74) is 6.08. The van der Waals surface area contributed by atoms with Gasteiger partial charge >= 0.3 is 5.97 Å². The molecule has 4 aromatic carbocycles. The first-order chi connectivity index (χ1) is 18.5. The third-order valence-electron chi connectivity index (χ3n) is 5.88. The van der Waals surface area contributed by atoms with Crippen LogP contribution < -0.4 is 14.9 Å². The van der Waals surface area contributed by atoms with Gasteiger partial charge in [0.1, 0.15) is 17.2 Å². The molecule has 2 N–H and O–H groups in total. The summed E-state index contributed by atoms with van der Waals surface area (Å²) in [6.45, 7) is 0. The molecule has 7 nitrogen and oxygen atoms in total. The molecule has 0 aliphatic carbocycles. The summed E-state index contributed by atoms with van der Waals surface area (Å²) in [7, 11) is 1.60. The van der Waals surface area contributed by atoms with E-state index in [1.54, 1.807) is 55.6 Å². The normalized spacial score (nSPS) is 11.0. The van der Waals surface area contributed by atoms with Crippen LogP contribution in [0.3, 0.4) is 0 Å². The molecule has 0 aliphatic rings. The first-order valence-corrected chi connectivity index (χ1v) is 12.1. The molecule has 0 saturated carbocycles. The van der Waals surface area contributed by atoms with E-state index >= 15 is 0 Å². The van der Waals surface area contributed by atoms with Gasteiger partial charge in [-0.1, -0.05) is 66.2 Å². The minimum atomic E-state index is -0.596. The van der Waals surface area contributed by atoms with E-state index in [2.05, 4.69) is 15.5 Å². The van der Waals surface area contributed by atoms with E-state index in [1.807, 2.05) is 48.5 Å². The number of benzene rings is 4. The van der Waals surface area contributed by atoms with Gasteiger partial charge in [0.25, 0.3) is 5.91 Å². The molecule has 38 heavy (non-hydrogen) atoms. The molecule has 0 bridgehead atoms. The number of hydrogen-bond donors (Lipinski definition) is 2. The van der Waals surface area contributed by atoms with E-state index in [-0.39, 0.29) is 11.3 Å². The highest BCUT2D eigenvalue weighted by molar-refractivity contribution is 6.33. The molecule has 0 saturated heterocycles. The van der Waals surface area contributed by atoms with Crippen LogP contribution in [0.1, 0.15) is 26.4 Å². The van der Waals surface area contributed by atoms with E-state index in [1.165, 1.54) is 6.21 Å². The van der Waals surface area contributed by atoms with Gasteiger partial charge in [-0.3, -0.25) is 4.79 Å². The van der Waals surface area contributed by atoms with E-state index in [9.17, 15) is 9.59 Å². The minimum Gasteiger partial charge on any atom is -0.497 e. The summed E-state index contributed by atoms with van der Waals surface area (Å²) in [5.74, 6) is -0.0676. The predicted octanol–water partition coefficient (Wildman–Crippen LogP) is 6.48. The smallest absolute Gasteiger partial charge is 0.345 e.